The maximum absolute atomic E-state index is 12.7. The van der Waals surface area contributed by atoms with Gasteiger partial charge in [-0.1, -0.05) is 36.4 Å². The highest BCUT2D eigenvalue weighted by atomic mass is 16.5. The number of nitrogens with zero attached hydrogens (tertiary/aromatic N) is 2. The van der Waals surface area contributed by atoms with Crippen LogP contribution in [0.3, 0.4) is 0 Å². The lowest BCUT2D eigenvalue weighted by atomic mass is 10.1. The van der Waals surface area contributed by atoms with Gasteiger partial charge in [-0.25, -0.2) is 0 Å². The summed E-state index contributed by atoms with van der Waals surface area (Å²) in [7, 11) is 2.05. The average molecular weight is 403 g/mol. The smallest absolute Gasteiger partial charge is 0.262 e. The number of rotatable bonds is 5. The Morgan fingerprint density at radius 2 is 1.67 bits per heavy atom. The molecule has 3 aromatic rings. The molecule has 0 radical (unpaired) electrons. The highest BCUT2D eigenvalue weighted by molar-refractivity contribution is 5.97. The number of anilines is 1. The highest BCUT2D eigenvalue weighted by Gasteiger charge is 2.20. The van der Waals surface area contributed by atoms with Gasteiger partial charge in [0.25, 0.3) is 11.8 Å². The second-order valence-electron chi connectivity index (χ2n) is 7.52. The topological polar surface area (TPSA) is 61.9 Å². The van der Waals surface area contributed by atoms with Gasteiger partial charge in [0.15, 0.2) is 6.61 Å². The molecule has 0 aromatic heterocycles. The predicted octanol–water partition coefficient (Wildman–Crippen LogP) is 3.24. The Hall–Kier alpha value is -3.38. The monoisotopic (exact) mass is 403 g/mol. The number of hydrogen-bond acceptors (Lipinski definition) is 4. The lowest BCUT2D eigenvalue weighted by Gasteiger charge is -2.32. The summed E-state index contributed by atoms with van der Waals surface area (Å²) in [5.74, 6) is 0.363. The number of piperazine rings is 1. The lowest BCUT2D eigenvalue weighted by molar-refractivity contribution is -0.118. The molecule has 0 saturated carbocycles. The van der Waals surface area contributed by atoms with Gasteiger partial charge in [0.1, 0.15) is 5.75 Å². The van der Waals surface area contributed by atoms with E-state index in [0.29, 0.717) is 30.1 Å². The van der Waals surface area contributed by atoms with Crippen molar-refractivity contribution in [2.75, 3.05) is 45.2 Å². The highest BCUT2D eigenvalue weighted by Crippen LogP contribution is 2.20. The fourth-order valence-corrected chi connectivity index (χ4v) is 3.53. The number of fused-ring (bicyclic) bond motifs is 1. The molecule has 1 heterocycles. The molecule has 0 bridgehead atoms. The van der Waals surface area contributed by atoms with Gasteiger partial charge in [-0.15, -0.1) is 0 Å². The van der Waals surface area contributed by atoms with E-state index in [-0.39, 0.29) is 18.4 Å². The Balaban J connectivity index is 1.35. The van der Waals surface area contributed by atoms with Crippen molar-refractivity contribution in [2.24, 2.45) is 0 Å². The molecule has 1 aliphatic rings. The number of benzene rings is 3. The van der Waals surface area contributed by atoms with Gasteiger partial charge >= 0.3 is 0 Å². The molecule has 30 heavy (non-hydrogen) atoms. The third kappa shape index (κ3) is 4.78. The number of carbonyl (C=O) groups excluding carboxylic acids is 2. The van der Waals surface area contributed by atoms with Crippen LogP contribution in [-0.4, -0.2) is 61.4 Å². The van der Waals surface area contributed by atoms with Gasteiger partial charge in [0.05, 0.1) is 0 Å². The van der Waals surface area contributed by atoms with Crippen molar-refractivity contribution in [3.05, 3.63) is 72.3 Å². The Morgan fingerprint density at radius 1 is 0.900 bits per heavy atom. The van der Waals surface area contributed by atoms with Gasteiger partial charge in [-0.3, -0.25) is 9.59 Å². The summed E-state index contributed by atoms with van der Waals surface area (Å²) >= 11 is 0. The number of hydrogen-bond donors (Lipinski definition) is 1. The second kappa shape index (κ2) is 8.97. The molecule has 4 rings (SSSR count). The molecule has 1 aliphatic heterocycles. The first-order valence-electron chi connectivity index (χ1n) is 10.1. The fraction of sp³-hybridized carbons (Fsp3) is 0.250. The molecule has 6 heteroatoms. The molecule has 3 aromatic carbocycles. The van der Waals surface area contributed by atoms with Crippen LogP contribution in [0.15, 0.2) is 66.7 Å². The molecule has 0 aliphatic carbocycles. The van der Waals surface area contributed by atoms with Crippen molar-refractivity contribution in [1.29, 1.82) is 0 Å². The van der Waals surface area contributed by atoms with E-state index in [2.05, 4.69) is 17.3 Å². The van der Waals surface area contributed by atoms with Crippen molar-refractivity contribution in [3.8, 4) is 5.75 Å². The van der Waals surface area contributed by atoms with Gasteiger partial charge in [0.2, 0.25) is 0 Å². The number of amides is 2. The molecular formula is C24H25N3O3. The number of carbonyl (C=O) groups is 2. The van der Waals surface area contributed by atoms with Crippen molar-refractivity contribution >= 4 is 28.3 Å². The van der Waals surface area contributed by atoms with Crippen molar-refractivity contribution in [3.63, 3.8) is 0 Å². The number of nitrogens with one attached hydrogen (secondary N) is 1. The molecule has 1 saturated heterocycles. The molecule has 2 amide bonds. The summed E-state index contributed by atoms with van der Waals surface area (Å²) in [6.07, 6.45) is 0. The van der Waals surface area contributed by atoms with Gasteiger partial charge < -0.3 is 19.9 Å². The second-order valence-corrected chi connectivity index (χ2v) is 7.52. The first-order valence-corrected chi connectivity index (χ1v) is 10.1. The molecule has 154 valence electrons. The molecule has 0 spiro atoms. The zero-order valence-electron chi connectivity index (χ0n) is 17.0. The zero-order valence-corrected chi connectivity index (χ0v) is 17.0. The molecule has 0 atom stereocenters. The summed E-state index contributed by atoms with van der Waals surface area (Å²) in [5.41, 5.74) is 1.16. The third-order valence-electron chi connectivity index (χ3n) is 5.27. The van der Waals surface area contributed by atoms with Crippen LogP contribution in [0.4, 0.5) is 5.69 Å². The van der Waals surface area contributed by atoms with Crippen LogP contribution in [0.25, 0.3) is 10.8 Å². The Labute approximate surface area is 176 Å². The standard InChI is InChI=1S/C24H25N3O3/c1-26-11-13-27(14-12-26)24(29)20-7-4-8-21(15-20)25-23(28)17-30-22-10-9-18-5-2-3-6-19(18)16-22/h2-10,15-16H,11-14,17H2,1H3,(H,25,28). The van der Waals surface area contributed by atoms with E-state index in [0.717, 1.165) is 23.9 Å². The Kier molecular flexibility index (Phi) is 5.95. The summed E-state index contributed by atoms with van der Waals surface area (Å²) in [6, 6.07) is 20.8. The maximum Gasteiger partial charge on any atom is 0.262 e. The van der Waals surface area contributed by atoms with Crippen LogP contribution >= 0.6 is 0 Å². The van der Waals surface area contributed by atoms with Crippen LogP contribution in [0.1, 0.15) is 10.4 Å². The van der Waals surface area contributed by atoms with E-state index >= 15 is 0 Å². The van der Waals surface area contributed by atoms with Crippen LogP contribution in [-0.2, 0) is 4.79 Å². The molecule has 6 nitrogen and oxygen atoms in total. The first kappa shape index (κ1) is 19.9. The van der Waals surface area contributed by atoms with Crippen molar-refractivity contribution in [1.82, 2.24) is 9.80 Å². The molecule has 1 N–H and O–H groups in total. The number of ether oxygens (including phenoxy) is 1. The summed E-state index contributed by atoms with van der Waals surface area (Å²) in [4.78, 5) is 29.1. The lowest BCUT2D eigenvalue weighted by Crippen LogP contribution is -2.47. The SMILES string of the molecule is CN1CCN(C(=O)c2cccc(NC(=O)COc3ccc4ccccc4c3)c2)CC1. The fourth-order valence-electron chi connectivity index (χ4n) is 3.53. The third-order valence-corrected chi connectivity index (χ3v) is 5.27. The predicted molar refractivity (Wildman–Crippen MR) is 118 cm³/mol. The van der Waals surface area contributed by atoms with Crippen LogP contribution in [0.2, 0.25) is 0 Å². The number of likely N-dealkylation sites (N-methyl/N-ethyl adjacent to an activating group) is 1. The largest absolute Gasteiger partial charge is 0.484 e. The Morgan fingerprint density at radius 3 is 2.47 bits per heavy atom. The van der Waals surface area contributed by atoms with E-state index in [1.165, 1.54) is 0 Å². The van der Waals surface area contributed by atoms with E-state index in [4.69, 9.17) is 4.74 Å². The normalized spacial score (nSPS) is 14.5. The van der Waals surface area contributed by atoms with Crippen LogP contribution in [0.5, 0.6) is 5.75 Å². The molecule has 1 fully saturated rings. The van der Waals surface area contributed by atoms with E-state index in [1.807, 2.05) is 47.4 Å². The molecule has 0 unspecified atom stereocenters. The maximum atomic E-state index is 12.7. The minimum Gasteiger partial charge on any atom is -0.484 e. The van der Waals surface area contributed by atoms with Crippen LogP contribution < -0.4 is 10.1 Å². The van der Waals surface area contributed by atoms with Crippen molar-refractivity contribution < 1.29 is 14.3 Å². The quantitative estimate of drug-likeness (QED) is 0.711. The van der Waals surface area contributed by atoms with E-state index in [9.17, 15) is 9.59 Å². The first-order chi connectivity index (χ1) is 14.6. The van der Waals surface area contributed by atoms with E-state index < -0.39 is 0 Å². The summed E-state index contributed by atoms with van der Waals surface area (Å²) < 4.78 is 5.64. The molecular weight excluding hydrogens is 378 g/mol. The van der Waals surface area contributed by atoms with Gasteiger partial charge in [0, 0.05) is 37.4 Å². The Bertz CT molecular complexity index is 1060. The minimum atomic E-state index is -0.271. The summed E-state index contributed by atoms with van der Waals surface area (Å²) in [6.45, 7) is 3.06. The zero-order chi connectivity index (χ0) is 20.9. The van der Waals surface area contributed by atoms with Crippen LogP contribution in [0, 0.1) is 0 Å². The van der Waals surface area contributed by atoms with Crippen molar-refractivity contribution in [2.45, 2.75) is 0 Å². The summed E-state index contributed by atoms with van der Waals surface area (Å²) in [5, 5.41) is 4.99. The minimum absolute atomic E-state index is 0.00777. The van der Waals surface area contributed by atoms with Gasteiger partial charge in [-0.2, -0.15) is 0 Å². The van der Waals surface area contributed by atoms with Gasteiger partial charge in [-0.05, 0) is 48.2 Å². The average Bonchev–Trinajstić information content (AvgIpc) is 2.78. The van der Waals surface area contributed by atoms with E-state index in [1.54, 1.807) is 24.3 Å².